The first kappa shape index (κ1) is 18.7. The Kier molecular flexibility index (Phi) is 6.77. The van der Waals surface area contributed by atoms with Crippen molar-refractivity contribution in [3.05, 3.63) is 54.1 Å². The summed E-state index contributed by atoms with van der Waals surface area (Å²) in [6, 6.07) is 15.2. The van der Waals surface area contributed by atoms with Gasteiger partial charge in [0.05, 0.1) is 13.2 Å². The number of carbonyl (C=O) groups is 1. The summed E-state index contributed by atoms with van der Waals surface area (Å²) in [4.78, 5) is 13.8. The van der Waals surface area contributed by atoms with E-state index in [1.54, 1.807) is 11.9 Å². The van der Waals surface area contributed by atoms with Gasteiger partial charge in [0.15, 0.2) is 5.11 Å². The standard InChI is InChI=1S/C19H23N3O2S/c1-4-24-17-11-9-16(10-12-17)21-19(25)22(3)13-18(23)20-15-7-5-14(2)6-8-15/h5-12H,4,13H2,1-3H3,(H,20,23)(H,21,25). The molecule has 0 aliphatic rings. The molecular weight excluding hydrogens is 334 g/mol. The van der Waals surface area contributed by atoms with Crippen LogP contribution >= 0.6 is 12.2 Å². The highest BCUT2D eigenvalue weighted by Crippen LogP contribution is 2.16. The number of likely N-dealkylation sites (N-methyl/N-ethyl adjacent to an activating group) is 1. The van der Waals surface area contributed by atoms with Crippen molar-refractivity contribution < 1.29 is 9.53 Å². The predicted octanol–water partition coefficient (Wildman–Crippen LogP) is 3.66. The second-order valence-corrected chi connectivity index (χ2v) is 6.04. The number of aryl methyl sites for hydroxylation is 1. The number of rotatable bonds is 6. The zero-order chi connectivity index (χ0) is 18.2. The molecule has 0 aromatic heterocycles. The molecule has 2 aromatic rings. The van der Waals surface area contributed by atoms with E-state index in [0.717, 1.165) is 22.7 Å². The summed E-state index contributed by atoms with van der Waals surface area (Å²) in [5.41, 5.74) is 2.77. The number of nitrogens with one attached hydrogen (secondary N) is 2. The first-order valence-corrected chi connectivity index (χ1v) is 8.50. The lowest BCUT2D eigenvalue weighted by molar-refractivity contribution is -0.116. The highest BCUT2D eigenvalue weighted by atomic mass is 32.1. The smallest absolute Gasteiger partial charge is 0.243 e. The molecule has 0 unspecified atom stereocenters. The van der Waals surface area contributed by atoms with Crippen molar-refractivity contribution in [2.75, 3.05) is 30.8 Å². The van der Waals surface area contributed by atoms with E-state index in [1.807, 2.05) is 62.4 Å². The fraction of sp³-hybridized carbons (Fsp3) is 0.263. The van der Waals surface area contributed by atoms with E-state index < -0.39 is 0 Å². The Hall–Kier alpha value is -2.60. The van der Waals surface area contributed by atoms with Gasteiger partial charge >= 0.3 is 0 Å². The fourth-order valence-corrected chi connectivity index (χ4v) is 2.33. The maximum Gasteiger partial charge on any atom is 0.243 e. The first-order chi connectivity index (χ1) is 12.0. The average molecular weight is 357 g/mol. The Bertz CT molecular complexity index is 714. The first-order valence-electron chi connectivity index (χ1n) is 8.09. The van der Waals surface area contributed by atoms with E-state index in [-0.39, 0.29) is 12.5 Å². The largest absolute Gasteiger partial charge is 0.494 e. The number of anilines is 2. The molecule has 0 saturated heterocycles. The second kappa shape index (κ2) is 9.03. The molecule has 0 radical (unpaired) electrons. The van der Waals surface area contributed by atoms with Gasteiger partial charge in [-0.15, -0.1) is 0 Å². The zero-order valence-corrected chi connectivity index (χ0v) is 15.5. The van der Waals surface area contributed by atoms with Crippen LogP contribution in [-0.2, 0) is 4.79 Å². The van der Waals surface area contributed by atoms with Gasteiger partial charge < -0.3 is 20.3 Å². The third-order valence-electron chi connectivity index (χ3n) is 3.48. The lowest BCUT2D eigenvalue weighted by Crippen LogP contribution is -2.37. The lowest BCUT2D eigenvalue weighted by atomic mass is 10.2. The molecular formula is C19H23N3O2S. The highest BCUT2D eigenvalue weighted by Gasteiger charge is 2.10. The summed E-state index contributed by atoms with van der Waals surface area (Å²) in [6.07, 6.45) is 0. The maximum atomic E-state index is 12.1. The van der Waals surface area contributed by atoms with Crippen LogP contribution in [-0.4, -0.2) is 36.1 Å². The van der Waals surface area contributed by atoms with Crippen molar-refractivity contribution in [3.8, 4) is 5.75 Å². The van der Waals surface area contributed by atoms with Crippen LogP contribution in [0.4, 0.5) is 11.4 Å². The van der Waals surface area contributed by atoms with Crippen LogP contribution in [0.5, 0.6) is 5.75 Å². The van der Waals surface area contributed by atoms with E-state index in [4.69, 9.17) is 17.0 Å². The van der Waals surface area contributed by atoms with Crippen molar-refractivity contribution in [3.63, 3.8) is 0 Å². The van der Waals surface area contributed by atoms with Gasteiger partial charge in [-0.1, -0.05) is 17.7 Å². The predicted molar refractivity (Wildman–Crippen MR) is 106 cm³/mol. The molecule has 0 aliphatic heterocycles. The van der Waals surface area contributed by atoms with Crippen LogP contribution < -0.4 is 15.4 Å². The van der Waals surface area contributed by atoms with Crippen molar-refractivity contribution >= 4 is 34.6 Å². The summed E-state index contributed by atoms with van der Waals surface area (Å²) in [5.74, 6) is 0.687. The monoisotopic (exact) mass is 357 g/mol. The molecule has 1 amide bonds. The number of hydrogen-bond donors (Lipinski definition) is 2. The van der Waals surface area contributed by atoms with Crippen LogP contribution in [0, 0.1) is 6.92 Å². The minimum absolute atomic E-state index is 0.123. The zero-order valence-electron chi connectivity index (χ0n) is 14.7. The molecule has 5 nitrogen and oxygen atoms in total. The van der Waals surface area contributed by atoms with Gasteiger partial charge in [0.25, 0.3) is 0 Å². The number of thiocarbonyl (C=S) groups is 1. The Morgan fingerprint density at radius 3 is 2.20 bits per heavy atom. The summed E-state index contributed by atoms with van der Waals surface area (Å²) < 4.78 is 5.41. The molecule has 2 N–H and O–H groups in total. The van der Waals surface area contributed by atoms with Crippen molar-refractivity contribution in [2.45, 2.75) is 13.8 Å². The summed E-state index contributed by atoms with van der Waals surface area (Å²) in [7, 11) is 1.78. The van der Waals surface area contributed by atoms with Crippen LogP contribution in [0.3, 0.4) is 0 Å². The summed E-state index contributed by atoms with van der Waals surface area (Å²) >= 11 is 5.35. The fourth-order valence-electron chi connectivity index (χ4n) is 2.14. The molecule has 25 heavy (non-hydrogen) atoms. The SMILES string of the molecule is CCOc1ccc(NC(=S)N(C)CC(=O)Nc2ccc(C)cc2)cc1. The van der Waals surface area contributed by atoms with Crippen LogP contribution in [0.15, 0.2) is 48.5 Å². The highest BCUT2D eigenvalue weighted by molar-refractivity contribution is 7.80. The summed E-state index contributed by atoms with van der Waals surface area (Å²) in [6.45, 7) is 4.74. The van der Waals surface area contributed by atoms with Gasteiger partial charge in [0.1, 0.15) is 5.75 Å². The number of ether oxygens (including phenoxy) is 1. The van der Waals surface area contributed by atoms with Gasteiger partial charge in [-0.25, -0.2) is 0 Å². The number of benzene rings is 2. The van der Waals surface area contributed by atoms with E-state index in [1.165, 1.54) is 0 Å². The van der Waals surface area contributed by atoms with Crippen molar-refractivity contribution in [2.24, 2.45) is 0 Å². The van der Waals surface area contributed by atoms with E-state index in [2.05, 4.69) is 10.6 Å². The van der Waals surface area contributed by atoms with Crippen LogP contribution in [0.25, 0.3) is 0 Å². The number of carbonyl (C=O) groups excluding carboxylic acids is 1. The Morgan fingerprint density at radius 2 is 1.60 bits per heavy atom. The number of amides is 1. The van der Waals surface area contributed by atoms with Gasteiger partial charge in [-0.3, -0.25) is 4.79 Å². The normalized spacial score (nSPS) is 10.0. The van der Waals surface area contributed by atoms with Crippen molar-refractivity contribution in [1.82, 2.24) is 4.90 Å². The van der Waals surface area contributed by atoms with Crippen LogP contribution in [0.1, 0.15) is 12.5 Å². The Morgan fingerprint density at radius 1 is 1.04 bits per heavy atom. The average Bonchev–Trinajstić information content (AvgIpc) is 2.59. The van der Waals surface area contributed by atoms with E-state index >= 15 is 0 Å². The van der Waals surface area contributed by atoms with Gasteiger partial charge in [-0.05, 0) is 62.5 Å². The third-order valence-corrected chi connectivity index (χ3v) is 3.89. The molecule has 0 fully saturated rings. The minimum Gasteiger partial charge on any atom is -0.494 e. The molecule has 0 aliphatic carbocycles. The molecule has 0 saturated carbocycles. The molecule has 0 bridgehead atoms. The van der Waals surface area contributed by atoms with Crippen molar-refractivity contribution in [1.29, 1.82) is 0 Å². The van der Waals surface area contributed by atoms with Gasteiger partial charge in [0, 0.05) is 18.4 Å². The lowest BCUT2D eigenvalue weighted by Gasteiger charge is -2.20. The summed E-state index contributed by atoms with van der Waals surface area (Å²) in [5, 5.41) is 6.44. The Balaban J connectivity index is 1.84. The van der Waals surface area contributed by atoms with Crippen LogP contribution in [0.2, 0.25) is 0 Å². The number of hydrogen-bond acceptors (Lipinski definition) is 3. The minimum atomic E-state index is -0.123. The van der Waals surface area contributed by atoms with Gasteiger partial charge in [-0.2, -0.15) is 0 Å². The van der Waals surface area contributed by atoms with E-state index in [9.17, 15) is 4.79 Å². The molecule has 0 spiro atoms. The van der Waals surface area contributed by atoms with E-state index in [0.29, 0.717) is 11.7 Å². The number of nitrogens with zero attached hydrogens (tertiary/aromatic N) is 1. The molecule has 0 atom stereocenters. The molecule has 2 aromatic carbocycles. The maximum absolute atomic E-state index is 12.1. The molecule has 6 heteroatoms. The topological polar surface area (TPSA) is 53.6 Å². The third kappa shape index (κ3) is 6.08. The quantitative estimate of drug-likeness (QED) is 0.773. The molecule has 132 valence electrons. The van der Waals surface area contributed by atoms with Gasteiger partial charge in [0.2, 0.25) is 5.91 Å². The molecule has 2 rings (SSSR count). The second-order valence-electron chi connectivity index (χ2n) is 5.66. The molecule has 0 heterocycles. The Labute approximate surface area is 154 Å².